The van der Waals surface area contributed by atoms with Crippen molar-refractivity contribution >= 4 is 18.3 Å². The highest BCUT2D eigenvalue weighted by Crippen LogP contribution is 2.16. The molecule has 2 unspecified atom stereocenters. The van der Waals surface area contributed by atoms with E-state index in [1.54, 1.807) is 10.9 Å². The summed E-state index contributed by atoms with van der Waals surface area (Å²) in [6, 6.07) is 9.78. The molecule has 2 heterocycles. The fraction of sp³-hybridized carbons (Fsp3) is 0.412. The van der Waals surface area contributed by atoms with Gasteiger partial charge in [0.15, 0.2) is 0 Å². The molecule has 6 nitrogen and oxygen atoms in total. The van der Waals surface area contributed by atoms with Gasteiger partial charge in [-0.25, -0.2) is 4.68 Å². The van der Waals surface area contributed by atoms with Crippen LogP contribution in [0.1, 0.15) is 23.0 Å². The summed E-state index contributed by atoms with van der Waals surface area (Å²) in [4.78, 5) is 12.5. The number of para-hydroxylation sites is 1. The lowest BCUT2D eigenvalue weighted by molar-refractivity contribution is 0.0926. The second-order valence-corrected chi connectivity index (χ2v) is 5.80. The summed E-state index contributed by atoms with van der Waals surface area (Å²) >= 11 is 0. The Hall–Kier alpha value is -1.89. The maximum absolute atomic E-state index is 12.5. The van der Waals surface area contributed by atoms with Crippen LogP contribution in [0.25, 0.3) is 5.69 Å². The fourth-order valence-corrected chi connectivity index (χ4v) is 2.94. The molecule has 1 amide bonds. The first-order valence-corrected chi connectivity index (χ1v) is 8.00. The third kappa shape index (κ3) is 3.77. The number of rotatable bonds is 5. The number of aliphatic hydroxyl groups excluding tert-OH is 1. The molecule has 0 saturated carbocycles. The predicted molar refractivity (Wildman–Crippen MR) is 94.9 cm³/mol. The van der Waals surface area contributed by atoms with Crippen LogP contribution in [0.5, 0.6) is 0 Å². The Kier molecular flexibility index (Phi) is 6.36. The quantitative estimate of drug-likeness (QED) is 0.756. The van der Waals surface area contributed by atoms with E-state index >= 15 is 0 Å². The number of aliphatic hydroxyl groups is 1. The van der Waals surface area contributed by atoms with Crippen molar-refractivity contribution < 1.29 is 9.90 Å². The van der Waals surface area contributed by atoms with Gasteiger partial charge in [0.05, 0.1) is 29.2 Å². The van der Waals surface area contributed by atoms with Crippen LogP contribution in [0, 0.1) is 5.92 Å². The second-order valence-electron chi connectivity index (χ2n) is 5.80. The highest BCUT2D eigenvalue weighted by atomic mass is 35.5. The third-order valence-corrected chi connectivity index (χ3v) is 4.28. The van der Waals surface area contributed by atoms with Crippen molar-refractivity contribution in [1.82, 2.24) is 20.4 Å². The van der Waals surface area contributed by atoms with Gasteiger partial charge in [0.2, 0.25) is 0 Å². The monoisotopic (exact) mass is 350 g/mol. The van der Waals surface area contributed by atoms with Crippen molar-refractivity contribution in [2.75, 3.05) is 19.6 Å². The molecule has 1 fully saturated rings. The van der Waals surface area contributed by atoms with E-state index in [1.165, 1.54) is 0 Å². The standard InChI is InChI=1S/C17H22N4O2.ClH/c1-2-15-14(10-20-21(15)13-6-4-3-5-7-13)17(23)19-9-12-8-18-11-16(12)22;/h3-7,10,12,16,18,22H,2,8-9,11H2,1H3,(H,19,23);1H. The first-order chi connectivity index (χ1) is 11.2. The van der Waals surface area contributed by atoms with Crippen LogP contribution in [-0.4, -0.2) is 46.5 Å². The van der Waals surface area contributed by atoms with Crippen molar-refractivity contribution in [3.05, 3.63) is 47.8 Å². The van der Waals surface area contributed by atoms with Crippen LogP contribution < -0.4 is 10.6 Å². The maximum Gasteiger partial charge on any atom is 0.254 e. The maximum atomic E-state index is 12.5. The molecule has 1 aliphatic rings. The molecule has 0 radical (unpaired) electrons. The first-order valence-electron chi connectivity index (χ1n) is 8.00. The van der Waals surface area contributed by atoms with Crippen molar-refractivity contribution in [1.29, 1.82) is 0 Å². The molecule has 0 bridgehead atoms. The summed E-state index contributed by atoms with van der Waals surface area (Å²) in [5, 5.41) is 20.2. The third-order valence-electron chi connectivity index (χ3n) is 4.28. The number of carbonyl (C=O) groups is 1. The summed E-state index contributed by atoms with van der Waals surface area (Å²) in [5.41, 5.74) is 2.43. The molecule has 2 atom stereocenters. The Labute approximate surface area is 147 Å². The number of amides is 1. The molecule has 1 saturated heterocycles. The number of nitrogens with zero attached hydrogens (tertiary/aromatic N) is 2. The largest absolute Gasteiger partial charge is 0.391 e. The Bertz CT molecular complexity index is 674. The van der Waals surface area contributed by atoms with Crippen LogP contribution in [0.15, 0.2) is 36.5 Å². The van der Waals surface area contributed by atoms with Gasteiger partial charge in [0.1, 0.15) is 0 Å². The summed E-state index contributed by atoms with van der Waals surface area (Å²) in [6.07, 6.45) is 1.93. The zero-order valence-corrected chi connectivity index (χ0v) is 14.4. The van der Waals surface area contributed by atoms with Crippen molar-refractivity contribution in [2.45, 2.75) is 19.4 Å². The average molecular weight is 351 g/mol. The smallest absolute Gasteiger partial charge is 0.254 e. The Morgan fingerprint density at radius 3 is 2.75 bits per heavy atom. The molecule has 130 valence electrons. The Morgan fingerprint density at radius 1 is 1.38 bits per heavy atom. The Balaban J connectivity index is 0.00000208. The summed E-state index contributed by atoms with van der Waals surface area (Å²) in [5.74, 6) is -0.0728. The van der Waals surface area contributed by atoms with E-state index in [9.17, 15) is 9.90 Å². The van der Waals surface area contributed by atoms with Crippen LogP contribution in [0.4, 0.5) is 0 Å². The molecular weight excluding hydrogens is 328 g/mol. The summed E-state index contributed by atoms with van der Waals surface area (Å²) < 4.78 is 1.81. The van der Waals surface area contributed by atoms with E-state index in [0.717, 1.165) is 17.9 Å². The van der Waals surface area contributed by atoms with Gasteiger partial charge >= 0.3 is 0 Å². The lowest BCUT2D eigenvalue weighted by Gasteiger charge is -2.14. The number of benzene rings is 1. The molecule has 0 spiro atoms. The van der Waals surface area contributed by atoms with Gasteiger partial charge in [-0.1, -0.05) is 25.1 Å². The van der Waals surface area contributed by atoms with Gasteiger partial charge in [-0.3, -0.25) is 4.79 Å². The van der Waals surface area contributed by atoms with E-state index in [-0.39, 0.29) is 24.2 Å². The minimum Gasteiger partial charge on any atom is -0.391 e. The van der Waals surface area contributed by atoms with Gasteiger partial charge in [0, 0.05) is 25.6 Å². The molecular formula is C17H23ClN4O2. The molecule has 1 aromatic carbocycles. The second kappa shape index (κ2) is 8.28. The van der Waals surface area contributed by atoms with Gasteiger partial charge in [-0.05, 0) is 18.6 Å². The minimum atomic E-state index is -0.395. The molecule has 0 aliphatic carbocycles. The highest BCUT2D eigenvalue weighted by Gasteiger charge is 2.26. The summed E-state index contributed by atoms with van der Waals surface area (Å²) in [6.45, 7) is 3.79. The molecule has 3 rings (SSSR count). The van der Waals surface area contributed by atoms with E-state index in [2.05, 4.69) is 15.7 Å². The number of aromatic nitrogens is 2. The van der Waals surface area contributed by atoms with Crippen LogP contribution in [0.3, 0.4) is 0 Å². The minimum absolute atomic E-state index is 0. The molecule has 1 aromatic heterocycles. The van der Waals surface area contributed by atoms with Crippen LogP contribution >= 0.6 is 12.4 Å². The number of β-amino-alcohol motifs (C(OH)–C–C–N with tert-alkyl or cyclic N) is 1. The fourth-order valence-electron chi connectivity index (χ4n) is 2.94. The van der Waals surface area contributed by atoms with Gasteiger partial charge in [-0.15, -0.1) is 12.4 Å². The number of nitrogens with one attached hydrogen (secondary N) is 2. The lowest BCUT2D eigenvalue weighted by atomic mass is 10.1. The molecule has 1 aliphatic heterocycles. The zero-order valence-electron chi connectivity index (χ0n) is 13.6. The van der Waals surface area contributed by atoms with Gasteiger partial charge < -0.3 is 15.7 Å². The van der Waals surface area contributed by atoms with E-state index in [0.29, 0.717) is 25.1 Å². The molecule has 3 N–H and O–H groups in total. The van der Waals surface area contributed by atoms with E-state index < -0.39 is 6.10 Å². The van der Waals surface area contributed by atoms with Crippen LogP contribution in [-0.2, 0) is 6.42 Å². The van der Waals surface area contributed by atoms with E-state index in [1.807, 2.05) is 37.3 Å². The first kappa shape index (κ1) is 18.4. The summed E-state index contributed by atoms with van der Waals surface area (Å²) in [7, 11) is 0. The molecule has 2 aromatic rings. The lowest BCUT2D eigenvalue weighted by Crippen LogP contribution is -2.34. The number of halogens is 1. The average Bonchev–Trinajstić information content (AvgIpc) is 3.19. The number of carbonyl (C=O) groups excluding carboxylic acids is 1. The van der Waals surface area contributed by atoms with Crippen LogP contribution in [0.2, 0.25) is 0 Å². The highest BCUT2D eigenvalue weighted by molar-refractivity contribution is 5.95. The number of hydrogen-bond donors (Lipinski definition) is 3. The normalized spacial score (nSPS) is 19.8. The van der Waals surface area contributed by atoms with Crippen molar-refractivity contribution in [3.8, 4) is 5.69 Å². The van der Waals surface area contributed by atoms with Crippen molar-refractivity contribution in [3.63, 3.8) is 0 Å². The molecule has 24 heavy (non-hydrogen) atoms. The van der Waals surface area contributed by atoms with Gasteiger partial charge in [0.25, 0.3) is 5.91 Å². The van der Waals surface area contributed by atoms with Gasteiger partial charge in [-0.2, -0.15) is 5.10 Å². The predicted octanol–water partition coefficient (Wildman–Crippen LogP) is 1.17. The SMILES string of the molecule is CCc1c(C(=O)NCC2CNCC2O)cnn1-c1ccccc1.Cl. The molecule has 7 heteroatoms. The zero-order chi connectivity index (χ0) is 16.2. The Morgan fingerprint density at radius 2 is 2.12 bits per heavy atom. The number of hydrogen-bond acceptors (Lipinski definition) is 4. The topological polar surface area (TPSA) is 79.2 Å². The van der Waals surface area contributed by atoms with E-state index in [4.69, 9.17) is 0 Å². The van der Waals surface area contributed by atoms with Crippen molar-refractivity contribution in [2.24, 2.45) is 5.92 Å².